The van der Waals surface area contributed by atoms with Crippen molar-refractivity contribution in [1.82, 2.24) is 25.1 Å². The summed E-state index contributed by atoms with van der Waals surface area (Å²) in [5, 5.41) is 13.0. The number of halogens is 1. The summed E-state index contributed by atoms with van der Waals surface area (Å²) in [4.78, 5) is 16.3. The van der Waals surface area contributed by atoms with E-state index in [4.69, 9.17) is 11.6 Å². The number of pyridine rings is 1. The van der Waals surface area contributed by atoms with E-state index in [0.717, 1.165) is 23.2 Å². The highest BCUT2D eigenvalue weighted by atomic mass is 35.5. The molecule has 6 nitrogen and oxygen atoms in total. The van der Waals surface area contributed by atoms with Gasteiger partial charge >= 0.3 is 0 Å². The fraction of sp³-hybridized carbons (Fsp3) is 0.300. The molecule has 28 heavy (non-hydrogen) atoms. The van der Waals surface area contributed by atoms with Crippen LogP contribution < -0.4 is 5.32 Å². The molecule has 0 bridgehead atoms. The van der Waals surface area contributed by atoms with Crippen molar-refractivity contribution < 1.29 is 4.79 Å². The molecule has 3 aromatic rings. The van der Waals surface area contributed by atoms with Crippen LogP contribution in [0.5, 0.6) is 0 Å². The van der Waals surface area contributed by atoms with Crippen LogP contribution in [0.15, 0.2) is 47.9 Å². The van der Waals surface area contributed by atoms with Gasteiger partial charge in [0.25, 0.3) is 0 Å². The predicted molar refractivity (Wildman–Crippen MR) is 113 cm³/mol. The molecule has 8 heteroatoms. The summed E-state index contributed by atoms with van der Waals surface area (Å²) >= 11 is 7.70. The first kappa shape index (κ1) is 20.4. The highest BCUT2D eigenvalue weighted by Crippen LogP contribution is 2.31. The zero-order chi connectivity index (χ0) is 20.1. The molecule has 3 rings (SSSR count). The summed E-state index contributed by atoms with van der Waals surface area (Å²) in [5.41, 5.74) is 2.69. The number of hydrogen-bond donors (Lipinski definition) is 1. The maximum atomic E-state index is 12.2. The van der Waals surface area contributed by atoms with Gasteiger partial charge < -0.3 is 5.32 Å². The Morgan fingerprint density at radius 3 is 2.71 bits per heavy atom. The first-order valence-corrected chi connectivity index (χ1v) is 10.4. The third-order valence-corrected chi connectivity index (χ3v) is 5.74. The molecule has 1 aromatic carbocycles. The van der Waals surface area contributed by atoms with Crippen LogP contribution in [-0.2, 0) is 4.79 Å². The number of nitrogens with zero attached hydrogens (tertiary/aromatic N) is 4. The van der Waals surface area contributed by atoms with Crippen molar-refractivity contribution in [2.75, 3.05) is 5.75 Å². The SMILES string of the molecule is CC[C@H](C)NC(=O)CSc1nnc(-c2ccncc2)n1-c1cccc(Cl)c1C. The largest absolute Gasteiger partial charge is 0.353 e. The van der Waals surface area contributed by atoms with Gasteiger partial charge in [-0.15, -0.1) is 10.2 Å². The Balaban J connectivity index is 1.98. The van der Waals surface area contributed by atoms with E-state index >= 15 is 0 Å². The summed E-state index contributed by atoms with van der Waals surface area (Å²) in [6.07, 6.45) is 4.32. The zero-order valence-electron chi connectivity index (χ0n) is 16.0. The van der Waals surface area contributed by atoms with Gasteiger partial charge in [-0.3, -0.25) is 14.3 Å². The Morgan fingerprint density at radius 2 is 2.00 bits per heavy atom. The molecule has 0 radical (unpaired) electrons. The minimum Gasteiger partial charge on any atom is -0.353 e. The van der Waals surface area contributed by atoms with E-state index in [2.05, 4.69) is 20.5 Å². The monoisotopic (exact) mass is 415 g/mol. The molecule has 0 aliphatic carbocycles. The van der Waals surface area contributed by atoms with E-state index in [0.29, 0.717) is 16.0 Å². The smallest absolute Gasteiger partial charge is 0.230 e. The van der Waals surface area contributed by atoms with Crippen molar-refractivity contribution >= 4 is 29.3 Å². The van der Waals surface area contributed by atoms with Gasteiger partial charge in [0.1, 0.15) is 0 Å². The summed E-state index contributed by atoms with van der Waals surface area (Å²) in [7, 11) is 0. The van der Waals surface area contributed by atoms with Crippen LogP contribution in [0.2, 0.25) is 5.02 Å². The molecule has 1 N–H and O–H groups in total. The van der Waals surface area contributed by atoms with Crippen LogP contribution in [0.1, 0.15) is 25.8 Å². The Labute approximate surface area is 173 Å². The Bertz CT molecular complexity index is 960. The molecule has 1 atom stereocenters. The number of carbonyl (C=O) groups excluding carboxylic acids is 1. The number of amides is 1. The van der Waals surface area contributed by atoms with Gasteiger partial charge in [0.05, 0.1) is 11.4 Å². The van der Waals surface area contributed by atoms with Crippen LogP contribution in [0, 0.1) is 6.92 Å². The van der Waals surface area contributed by atoms with Gasteiger partial charge in [0.15, 0.2) is 11.0 Å². The number of benzene rings is 1. The lowest BCUT2D eigenvalue weighted by Crippen LogP contribution is -2.33. The number of thioether (sulfide) groups is 1. The van der Waals surface area contributed by atoms with Crippen LogP contribution in [0.25, 0.3) is 17.1 Å². The predicted octanol–water partition coefficient (Wildman–Crippen LogP) is 4.30. The molecule has 0 fully saturated rings. The second-order valence-electron chi connectivity index (χ2n) is 6.43. The van der Waals surface area contributed by atoms with E-state index in [1.165, 1.54) is 11.8 Å². The summed E-state index contributed by atoms with van der Waals surface area (Å²) < 4.78 is 1.94. The lowest BCUT2D eigenvalue weighted by atomic mass is 10.2. The molecule has 2 aromatic heterocycles. The van der Waals surface area contributed by atoms with Gasteiger partial charge in [-0.2, -0.15) is 0 Å². The highest BCUT2D eigenvalue weighted by molar-refractivity contribution is 7.99. The maximum Gasteiger partial charge on any atom is 0.230 e. The van der Waals surface area contributed by atoms with Crippen molar-refractivity contribution in [3.05, 3.63) is 53.3 Å². The van der Waals surface area contributed by atoms with Gasteiger partial charge in [0, 0.05) is 29.0 Å². The molecule has 0 saturated heterocycles. The van der Waals surface area contributed by atoms with E-state index in [1.807, 2.05) is 55.7 Å². The molecule has 0 aliphatic rings. The summed E-state index contributed by atoms with van der Waals surface area (Å²) in [5.74, 6) is 0.915. The van der Waals surface area contributed by atoms with E-state index in [-0.39, 0.29) is 17.7 Å². The Kier molecular flexibility index (Phi) is 6.70. The van der Waals surface area contributed by atoms with Crippen molar-refractivity contribution in [2.45, 2.75) is 38.4 Å². The van der Waals surface area contributed by atoms with Crippen LogP contribution in [0.3, 0.4) is 0 Å². The van der Waals surface area contributed by atoms with Gasteiger partial charge in [-0.1, -0.05) is 36.4 Å². The third kappa shape index (κ3) is 4.54. The highest BCUT2D eigenvalue weighted by Gasteiger charge is 2.19. The second-order valence-corrected chi connectivity index (χ2v) is 7.78. The zero-order valence-corrected chi connectivity index (χ0v) is 17.6. The number of carbonyl (C=O) groups is 1. The number of aromatic nitrogens is 4. The van der Waals surface area contributed by atoms with Gasteiger partial charge in [-0.25, -0.2) is 0 Å². The molecule has 0 unspecified atom stereocenters. The molecule has 2 heterocycles. The van der Waals surface area contributed by atoms with Crippen molar-refractivity contribution in [2.24, 2.45) is 0 Å². The van der Waals surface area contributed by atoms with Crippen molar-refractivity contribution in [3.8, 4) is 17.1 Å². The Hall–Kier alpha value is -2.38. The van der Waals surface area contributed by atoms with Crippen molar-refractivity contribution in [1.29, 1.82) is 0 Å². The molecular weight excluding hydrogens is 394 g/mol. The van der Waals surface area contributed by atoms with Gasteiger partial charge in [-0.05, 0) is 50.1 Å². The number of hydrogen-bond acceptors (Lipinski definition) is 5. The fourth-order valence-electron chi connectivity index (χ4n) is 2.66. The van der Waals surface area contributed by atoms with Crippen LogP contribution in [-0.4, -0.2) is 37.5 Å². The topological polar surface area (TPSA) is 72.7 Å². The van der Waals surface area contributed by atoms with Crippen LogP contribution in [0.4, 0.5) is 0 Å². The van der Waals surface area contributed by atoms with E-state index < -0.39 is 0 Å². The molecule has 0 spiro atoms. The lowest BCUT2D eigenvalue weighted by Gasteiger charge is -2.14. The van der Waals surface area contributed by atoms with Crippen molar-refractivity contribution in [3.63, 3.8) is 0 Å². The summed E-state index contributed by atoms with van der Waals surface area (Å²) in [6.45, 7) is 5.98. The lowest BCUT2D eigenvalue weighted by molar-refractivity contribution is -0.119. The molecule has 1 amide bonds. The molecule has 0 aliphatic heterocycles. The Morgan fingerprint density at radius 1 is 1.25 bits per heavy atom. The van der Waals surface area contributed by atoms with Gasteiger partial charge in [0.2, 0.25) is 5.91 Å². The quantitative estimate of drug-likeness (QED) is 0.582. The minimum atomic E-state index is -0.0258. The molecule has 146 valence electrons. The standard InChI is InChI=1S/C20H22ClN5OS/c1-4-13(2)23-18(27)12-28-20-25-24-19(15-8-10-22-11-9-15)26(20)17-7-5-6-16(21)14(17)3/h5-11,13H,4,12H2,1-3H3,(H,23,27)/t13-/m0/s1. The number of rotatable bonds is 7. The molecular formula is C20H22ClN5OS. The average molecular weight is 416 g/mol. The van der Waals surface area contributed by atoms with Crippen LogP contribution >= 0.6 is 23.4 Å². The first-order valence-electron chi connectivity index (χ1n) is 9.04. The minimum absolute atomic E-state index is 0.0258. The third-order valence-electron chi connectivity index (χ3n) is 4.40. The number of nitrogens with one attached hydrogen (secondary N) is 1. The fourth-order valence-corrected chi connectivity index (χ4v) is 3.58. The second kappa shape index (κ2) is 9.21. The van der Waals surface area contributed by atoms with E-state index in [1.54, 1.807) is 12.4 Å². The first-order chi connectivity index (χ1) is 13.5. The average Bonchev–Trinajstić information content (AvgIpc) is 3.12. The van der Waals surface area contributed by atoms with E-state index in [9.17, 15) is 4.79 Å². The molecule has 0 saturated carbocycles. The summed E-state index contributed by atoms with van der Waals surface area (Å²) in [6, 6.07) is 9.62. The maximum absolute atomic E-state index is 12.2. The normalized spacial score (nSPS) is 12.0.